The van der Waals surface area contributed by atoms with Gasteiger partial charge in [0.25, 0.3) is 0 Å². The van der Waals surface area contributed by atoms with Crippen LogP contribution in [0.1, 0.15) is 16.4 Å². The van der Waals surface area contributed by atoms with Crippen LogP contribution in [0.15, 0.2) is 72.0 Å². The first-order valence-electron chi connectivity index (χ1n) is 7.55. The van der Waals surface area contributed by atoms with Crippen molar-refractivity contribution in [2.24, 2.45) is 5.73 Å². The summed E-state index contributed by atoms with van der Waals surface area (Å²) < 4.78 is 7.51. The van der Waals surface area contributed by atoms with Crippen LogP contribution in [0, 0.1) is 11.3 Å². The maximum absolute atomic E-state index is 9.67. The zero-order valence-corrected chi connectivity index (χ0v) is 13.9. The lowest BCUT2D eigenvalue weighted by Gasteiger charge is -2.28. The van der Waals surface area contributed by atoms with E-state index in [4.69, 9.17) is 10.5 Å². The third kappa shape index (κ3) is 2.58. The highest BCUT2D eigenvalue weighted by molar-refractivity contribution is 7.10. The summed E-state index contributed by atoms with van der Waals surface area (Å²) in [6, 6.07) is 15.8. The fraction of sp³-hybridized carbons (Fsp3) is 0.0556. The number of benzene rings is 1. The molecule has 0 spiro atoms. The summed E-state index contributed by atoms with van der Waals surface area (Å²) in [6.45, 7) is 0. The minimum Gasteiger partial charge on any atom is -0.438 e. The Morgan fingerprint density at radius 1 is 1.20 bits per heavy atom. The van der Waals surface area contributed by atoms with Crippen molar-refractivity contribution in [3.8, 4) is 6.07 Å². The number of aromatic nitrogens is 3. The van der Waals surface area contributed by atoms with E-state index in [0.29, 0.717) is 11.3 Å². The van der Waals surface area contributed by atoms with Crippen molar-refractivity contribution >= 4 is 22.8 Å². The lowest BCUT2D eigenvalue weighted by molar-refractivity contribution is 0.360. The number of rotatable bonds is 3. The van der Waals surface area contributed by atoms with Crippen molar-refractivity contribution in [3.05, 3.63) is 82.4 Å². The second kappa shape index (κ2) is 6.26. The molecule has 4 rings (SSSR count). The molecule has 0 radical (unpaired) electrons. The Bertz CT molecular complexity index is 982. The van der Waals surface area contributed by atoms with E-state index in [1.165, 1.54) is 6.33 Å². The van der Waals surface area contributed by atoms with E-state index in [1.54, 1.807) is 22.3 Å². The molecule has 1 aromatic carbocycles. The molecule has 1 aliphatic heterocycles. The lowest BCUT2D eigenvalue weighted by atomic mass is 9.90. The second-order valence-electron chi connectivity index (χ2n) is 5.36. The molecular formula is C18H13N5OS. The molecule has 7 heteroatoms. The zero-order valence-electron chi connectivity index (χ0n) is 13.0. The third-order valence-electron chi connectivity index (χ3n) is 3.92. The Morgan fingerprint density at radius 2 is 2.04 bits per heavy atom. The molecule has 1 atom stereocenters. The highest BCUT2D eigenvalue weighted by atomic mass is 32.1. The van der Waals surface area contributed by atoms with Crippen LogP contribution in [-0.4, -0.2) is 14.8 Å². The second-order valence-corrected chi connectivity index (χ2v) is 6.34. The van der Waals surface area contributed by atoms with Crippen LogP contribution >= 0.6 is 11.3 Å². The summed E-state index contributed by atoms with van der Waals surface area (Å²) in [7, 11) is 0. The van der Waals surface area contributed by atoms with Crippen molar-refractivity contribution in [2.75, 3.05) is 0 Å². The van der Waals surface area contributed by atoms with Gasteiger partial charge in [-0.25, -0.2) is 9.67 Å². The Hall–Kier alpha value is -3.37. The standard InChI is InChI=1S/C18H13N5OS/c19-9-13-15(14-7-4-8-25-14)16(23-11-21-10-22-23)17(24-18(13)20)12-5-2-1-3-6-12/h1-8,10-11,15H,20H2. The molecule has 25 heavy (non-hydrogen) atoms. The maximum atomic E-state index is 9.67. The molecule has 2 aromatic heterocycles. The van der Waals surface area contributed by atoms with Gasteiger partial charge in [0, 0.05) is 10.4 Å². The van der Waals surface area contributed by atoms with Crippen molar-refractivity contribution < 1.29 is 4.74 Å². The van der Waals surface area contributed by atoms with Gasteiger partial charge in [0.15, 0.2) is 5.76 Å². The van der Waals surface area contributed by atoms with Crippen LogP contribution in [-0.2, 0) is 4.74 Å². The summed E-state index contributed by atoms with van der Waals surface area (Å²) in [5.74, 6) is 0.320. The fourth-order valence-corrected chi connectivity index (χ4v) is 3.68. The van der Waals surface area contributed by atoms with E-state index in [9.17, 15) is 5.26 Å². The van der Waals surface area contributed by atoms with Gasteiger partial charge >= 0.3 is 0 Å². The highest BCUT2D eigenvalue weighted by Crippen LogP contribution is 2.45. The molecule has 0 fully saturated rings. The van der Waals surface area contributed by atoms with E-state index in [2.05, 4.69) is 16.2 Å². The first kappa shape index (κ1) is 15.2. The number of hydrogen-bond acceptors (Lipinski definition) is 6. The lowest BCUT2D eigenvalue weighted by Crippen LogP contribution is -2.22. The fourth-order valence-electron chi connectivity index (χ4n) is 2.84. The van der Waals surface area contributed by atoms with Crippen molar-refractivity contribution in [3.63, 3.8) is 0 Å². The molecule has 1 unspecified atom stereocenters. The van der Waals surface area contributed by atoms with Crippen LogP contribution in [0.3, 0.4) is 0 Å². The first-order chi connectivity index (χ1) is 12.3. The number of allylic oxidation sites excluding steroid dienone is 2. The topological polar surface area (TPSA) is 89.8 Å². The SMILES string of the molecule is N#CC1=C(N)OC(c2ccccc2)=C(n2cncn2)C1c1cccs1. The first-order valence-corrected chi connectivity index (χ1v) is 8.43. The summed E-state index contributed by atoms with van der Waals surface area (Å²) in [5.41, 5.74) is 8.03. The summed E-state index contributed by atoms with van der Waals surface area (Å²) in [6.07, 6.45) is 3.05. The largest absolute Gasteiger partial charge is 0.438 e. The summed E-state index contributed by atoms with van der Waals surface area (Å²) >= 11 is 1.56. The minimum atomic E-state index is -0.365. The average Bonchev–Trinajstić information content (AvgIpc) is 3.35. The van der Waals surface area contributed by atoms with Gasteiger partial charge in [-0.3, -0.25) is 0 Å². The number of nitriles is 1. The quantitative estimate of drug-likeness (QED) is 0.786. The number of hydrogen-bond donors (Lipinski definition) is 1. The molecule has 0 aliphatic carbocycles. The van der Waals surface area contributed by atoms with Gasteiger partial charge in [0.2, 0.25) is 5.88 Å². The molecule has 3 heterocycles. The molecular weight excluding hydrogens is 334 g/mol. The summed E-state index contributed by atoms with van der Waals surface area (Å²) in [4.78, 5) is 5.03. The van der Waals surface area contributed by atoms with Gasteiger partial charge in [-0.1, -0.05) is 36.4 Å². The van der Waals surface area contributed by atoms with E-state index < -0.39 is 0 Å². The average molecular weight is 347 g/mol. The van der Waals surface area contributed by atoms with Gasteiger partial charge in [0.05, 0.1) is 5.92 Å². The van der Waals surface area contributed by atoms with Crippen molar-refractivity contribution in [1.29, 1.82) is 5.26 Å². The minimum absolute atomic E-state index is 0.114. The summed E-state index contributed by atoms with van der Waals surface area (Å²) in [5, 5.41) is 15.9. The van der Waals surface area contributed by atoms with Gasteiger partial charge < -0.3 is 10.5 Å². The van der Waals surface area contributed by atoms with Gasteiger partial charge in [-0.2, -0.15) is 10.4 Å². The normalized spacial score (nSPS) is 17.3. The Morgan fingerprint density at radius 3 is 2.68 bits per heavy atom. The molecule has 3 aromatic rings. The van der Waals surface area contributed by atoms with Crippen LogP contribution < -0.4 is 5.73 Å². The van der Waals surface area contributed by atoms with E-state index in [-0.39, 0.29) is 11.8 Å². The molecule has 0 amide bonds. The molecule has 122 valence electrons. The molecule has 1 aliphatic rings. The van der Waals surface area contributed by atoms with E-state index in [0.717, 1.165) is 16.1 Å². The molecule has 0 saturated carbocycles. The smallest absolute Gasteiger partial charge is 0.205 e. The molecule has 0 bridgehead atoms. The van der Waals surface area contributed by atoms with Crippen LogP contribution in [0.25, 0.3) is 11.5 Å². The number of ether oxygens (including phenoxy) is 1. The Labute approximate surface area is 148 Å². The molecule has 0 saturated heterocycles. The van der Waals surface area contributed by atoms with E-state index in [1.807, 2.05) is 47.8 Å². The predicted molar refractivity (Wildman–Crippen MR) is 94.5 cm³/mol. The van der Waals surface area contributed by atoms with Gasteiger partial charge in [-0.15, -0.1) is 11.3 Å². The number of thiophene rings is 1. The van der Waals surface area contributed by atoms with Gasteiger partial charge in [-0.05, 0) is 11.4 Å². The van der Waals surface area contributed by atoms with Crippen LogP contribution in [0.5, 0.6) is 0 Å². The van der Waals surface area contributed by atoms with E-state index >= 15 is 0 Å². The van der Waals surface area contributed by atoms with Crippen molar-refractivity contribution in [2.45, 2.75) is 5.92 Å². The maximum Gasteiger partial charge on any atom is 0.205 e. The Kier molecular flexibility index (Phi) is 3.80. The Balaban J connectivity index is 2.01. The molecule has 2 N–H and O–H groups in total. The predicted octanol–water partition coefficient (Wildman–Crippen LogP) is 3.17. The highest BCUT2D eigenvalue weighted by Gasteiger charge is 2.35. The molecule has 6 nitrogen and oxygen atoms in total. The number of nitrogens with two attached hydrogens (primary N) is 1. The zero-order chi connectivity index (χ0) is 17.2. The van der Waals surface area contributed by atoms with Crippen LogP contribution in [0.4, 0.5) is 0 Å². The van der Waals surface area contributed by atoms with Crippen LogP contribution in [0.2, 0.25) is 0 Å². The third-order valence-corrected chi connectivity index (χ3v) is 4.86. The van der Waals surface area contributed by atoms with Crippen molar-refractivity contribution in [1.82, 2.24) is 14.8 Å². The monoisotopic (exact) mass is 347 g/mol. The number of nitrogens with zero attached hydrogens (tertiary/aromatic N) is 4. The van der Waals surface area contributed by atoms with Gasteiger partial charge in [0.1, 0.15) is 30.0 Å².